The molecular weight excluding hydrogens is 354 g/mol. The van der Waals surface area contributed by atoms with E-state index < -0.39 is 0 Å². The van der Waals surface area contributed by atoms with Crippen LogP contribution in [-0.2, 0) is 18.3 Å². The molecule has 4 rings (SSSR count). The number of H-pyrrole nitrogens is 1. The molecule has 1 amide bonds. The van der Waals surface area contributed by atoms with E-state index in [2.05, 4.69) is 10.1 Å². The summed E-state index contributed by atoms with van der Waals surface area (Å²) in [5.41, 5.74) is 2.04. The second-order valence-electron chi connectivity index (χ2n) is 7.92. The number of carbonyl (C=O) groups is 1. The largest absolute Gasteiger partial charge is 0.361 e. The number of hydrogen-bond donors (Lipinski definition) is 1. The van der Waals surface area contributed by atoms with E-state index in [-0.39, 0.29) is 23.6 Å². The van der Waals surface area contributed by atoms with Crippen LogP contribution in [0.5, 0.6) is 0 Å². The third kappa shape index (κ3) is 3.25. The molecular formula is C21H27N5O2. The van der Waals surface area contributed by atoms with Crippen LogP contribution in [0.25, 0.3) is 10.9 Å². The standard InChI is InChI=1S/C21H27N5O2/c1-14(2)26-20(23-24(3)21(26)28)15-8-10-25(11-9-15)19(27)12-16-13-22-18-7-5-4-6-17(16)18/h4-7,13-15,22H,8-12H2,1-3H3. The van der Waals surface area contributed by atoms with Gasteiger partial charge in [-0.15, -0.1) is 0 Å². The van der Waals surface area contributed by atoms with Crippen molar-refractivity contribution in [2.75, 3.05) is 13.1 Å². The molecule has 3 aromatic rings. The zero-order valence-electron chi connectivity index (χ0n) is 16.7. The molecule has 0 aliphatic carbocycles. The van der Waals surface area contributed by atoms with Gasteiger partial charge in [0.25, 0.3) is 0 Å². The van der Waals surface area contributed by atoms with Gasteiger partial charge in [0.05, 0.1) is 6.42 Å². The first kappa shape index (κ1) is 18.5. The number of benzene rings is 1. The molecule has 1 saturated heterocycles. The first-order valence-corrected chi connectivity index (χ1v) is 9.94. The molecule has 0 atom stereocenters. The Balaban J connectivity index is 1.44. The van der Waals surface area contributed by atoms with Gasteiger partial charge in [0.15, 0.2) is 0 Å². The Kier molecular flexibility index (Phi) is 4.83. The molecule has 148 valence electrons. The number of fused-ring (bicyclic) bond motifs is 1. The number of likely N-dealkylation sites (tertiary alicyclic amines) is 1. The maximum atomic E-state index is 12.8. The van der Waals surface area contributed by atoms with Crippen LogP contribution in [0, 0.1) is 0 Å². The Bertz CT molecular complexity index is 1050. The molecule has 0 radical (unpaired) electrons. The number of aromatic nitrogens is 4. The lowest BCUT2D eigenvalue weighted by atomic mass is 9.95. The van der Waals surface area contributed by atoms with E-state index in [9.17, 15) is 9.59 Å². The summed E-state index contributed by atoms with van der Waals surface area (Å²) in [6, 6.07) is 8.14. The fourth-order valence-corrected chi connectivity index (χ4v) is 4.20. The van der Waals surface area contributed by atoms with Crippen LogP contribution in [-0.4, -0.2) is 43.2 Å². The Morgan fingerprint density at radius 2 is 1.96 bits per heavy atom. The van der Waals surface area contributed by atoms with Gasteiger partial charge in [-0.05, 0) is 38.3 Å². The predicted octanol–water partition coefficient (Wildman–Crippen LogP) is 2.59. The van der Waals surface area contributed by atoms with Crippen molar-refractivity contribution in [3.8, 4) is 0 Å². The smallest absolute Gasteiger partial charge is 0.345 e. The first-order valence-electron chi connectivity index (χ1n) is 9.94. The van der Waals surface area contributed by atoms with Gasteiger partial charge in [0.1, 0.15) is 5.82 Å². The van der Waals surface area contributed by atoms with Crippen LogP contribution in [0.4, 0.5) is 0 Å². The number of hydrogen-bond acceptors (Lipinski definition) is 3. The molecule has 1 aliphatic heterocycles. The average molecular weight is 381 g/mol. The highest BCUT2D eigenvalue weighted by molar-refractivity contribution is 5.88. The van der Waals surface area contributed by atoms with Crippen molar-refractivity contribution in [3.05, 3.63) is 52.3 Å². The molecule has 0 spiro atoms. The maximum Gasteiger partial charge on any atom is 0.345 e. The van der Waals surface area contributed by atoms with Crippen LogP contribution >= 0.6 is 0 Å². The monoisotopic (exact) mass is 381 g/mol. The van der Waals surface area contributed by atoms with Gasteiger partial charge >= 0.3 is 5.69 Å². The second kappa shape index (κ2) is 7.30. The highest BCUT2D eigenvalue weighted by atomic mass is 16.2. The van der Waals surface area contributed by atoms with E-state index >= 15 is 0 Å². The number of aryl methyl sites for hydroxylation is 1. The highest BCUT2D eigenvalue weighted by Crippen LogP contribution is 2.28. The van der Waals surface area contributed by atoms with Crippen LogP contribution in [0.15, 0.2) is 35.3 Å². The molecule has 7 heteroatoms. The van der Waals surface area contributed by atoms with Crippen molar-refractivity contribution in [1.82, 2.24) is 24.2 Å². The normalized spacial score (nSPS) is 15.6. The highest BCUT2D eigenvalue weighted by Gasteiger charge is 2.29. The number of rotatable bonds is 4. The van der Waals surface area contributed by atoms with E-state index in [1.54, 1.807) is 11.6 Å². The lowest BCUT2D eigenvalue weighted by molar-refractivity contribution is -0.131. The van der Waals surface area contributed by atoms with Gasteiger partial charge < -0.3 is 9.88 Å². The molecule has 28 heavy (non-hydrogen) atoms. The van der Waals surface area contributed by atoms with Gasteiger partial charge in [0, 0.05) is 49.2 Å². The Labute approximate surface area is 164 Å². The average Bonchev–Trinajstić information content (AvgIpc) is 3.23. The molecule has 0 saturated carbocycles. The van der Waals surface area contributed by atoms with Crippen LogP contribution in [0.1, 0.15) is 50.0 Å². The minimum Gasteiger partial charge on any atom is -0.361 e. The summed E-state index contributed by atoms with van der Waals surface area (Å²) in [5.74, 6) is 1.23. The number of nitrogens with zero attached hydrogens (tertiary/aromatic N) is 4. The first-order chi connectivity index (χ1) is 13.5. The number of nitrogens with one attached hydrogen (secondary N) is 1. The SMILES string of the molecule is CC(C)n1c(C2CCN(C(=O)Cc3c[nH]c4ccccc34)CC2)nn(C)c1=O. The summed E-state index contributed by atoms with van der Waals surface area (Å²) in [7, 11) is 1.70. The fraction of sp³-hybridized carbons (Fsp3) is 0.476. The van der Waals surface area contributed by atoms with Gasteiger partial charge in [-0.1, -0.05) is 18.2 Å². The minimum atomic E-state index is -0.0668. The maximum absolute atomic E-state index is 12.8. The lowest BCUT2D eigenvalue weighted by Crippen LogP contribution is -2.39. The number of para-hydroxylation sites is 1. The number of amides is 1. The molecule has 0 bridgehead atoms. The number of carbonyl (C=O) groups excluding carboxylic acids is 1. The van der Waals surface area contributed by atoms with Crippen molar-refractivity contribution >= 4 is 16.8 Å². The van der Waals surface area contributed by atoms with Crippen molar-refractivity contribution in [2.24, 2.45) is 7.05 Å². The van der Waals surface area contributed by atoms with Crippen molar-refractivity contribution in [1.29, 1.82) is 0 Å². The molecule has 0 unspecified atom stereocenters. The Hall–Kier alpha value is -2.83. The summed E-state index contributed by atoms with van der Waals surface area (Å²) in [4.78, 5) is 30.3. The van der Waals surface area contributed by atoms with Gasteiger partial charge in [-0.25, -0.2) is 9.48 Å². The topological polar surface area (TPSA) is 75.9 Å². The number of piperidine rings is 1. The summed E-state index contributed by atoms with van der Waals surface area (Å²) in [6.45, 7) is 5.42. The molecule has 3 heterocycles. The quantitative estimate of drug-likeness (QED) is 0.755. The predicted molar refractivity (Wildman–Crippen MR) is 108 cm³/mol. The fourth-order valence-electron chi connectivity index (χ4n) is 4.20. The zero-order valence-corrected chi connectivity index (χ0v) is 16.7. The molecule has 7 nitrogen and oxygen atoms in total. The Morgan fingerprint density at radius 3 is 2.68 bits per heavy atom. The number of aromatic amines is 1. The van der Waals surface area contributed by atoms with Crippen LogP contribution in [0.2, 0.25) is 0 Å². The summed E-state index contributed by atoms with van der Waals surface area (Å²) in [6.07, 6.45) is 4.02. The summed E-state index contributed by atoms with van der Waals surface area (Å²) in [5, 5.41) is 5.59. The van der Waals surface area contributed by atoms with Gasteiger partial charge in [-0.3, -0.25) is 9.36 Å². The van der Waals surface area contributed by atoms with E-state index in [1.807, 2.05) is 49.2 Å². The second-order valence-corrected chi connectivity index (χ2v) is 7.92. The molecule has 1 N–H and O–H groups in total. The third-order valence-corrected chi connectivity index (χ3v) is 5.73. The van der Waals surface area contributed by atoms with Crippen molar-refractivity contribution in [2.45, 2.75) is 45.1 Å². The van der Waals surface area contributed by atoms with Crippen LogP contribution in [0.3, 0.4) is 0 Å². The van der Waals surface area contributed by atoms with Crippen molar-refractivity contribution < 1.29 is 4.79 Å². The van der Waals surface area contributed by atoms with E-state index in [4.69, 9.17) is 0 Å². The van der Waals surface area contributed by atoms with Gasteiger partial charge in [-0.2, -0.15) is 5.10 Å². The van der Waals surface area contributed by atoms with Crippen LogP contribution < -0.4 is 5.69 Å². The van der Waals surface area contributed by atoms with E-state index in [0.717, 1.165) is 35.1 Å². The molecule has 1 fully saturated rings. The minimum absolute atomic E-state index is 0.0668. The van der Waals surface area contributed by atoms with E-state index in [1.165, 1.54) is 4.68 Å². The summed E-state index contributed by atoms with van der Waals surface area (Å²) >= 11 is 0. The molecule has 1 aliphatic rings. The van der Waals surface area contributed by atoms with Crippen molar-refractivity contribution in [3.63, 3.8) is 0 Å². The Morgan fingerprint density at radius 1 is 1.25 bits per heavy atom. The van der Waals surface area contributed by atoms with E-state index in [0.29, 0.717) is 19.5 Å². The molecule has 2 aromatic heterocycles. The van der Waals surface area contributed by atoms with Gasteiger partial charge in [0.2, 0.25) is 5.91 Å². The molecule has 1 aromatic carbocycles. The zero-order chi connectivity index (χ0) is 19.8. The lowest BCUT2D eigenvalue weighted by Gasteiger charge is -2.32. The third-order valence-electron chi connectivity index (χ3n) is 5.73. The summed E-state index contributed by atoms with van der Waals surface area (Å²) < 4.78 is 3.21.